The van der Waals surface area contributed by atoms with Gasteiger partial charge in [0, 0.05) is 18.6 Å². The van der Waals surface area contributed by atoms with Gasteiger partial charge in [0.1, 0.15) is 0 Å². The van der Waals surface area contributed by atoms with E-state index in [9.17, 15) is 4.79 Å². The van der Waals surface area contributed by atoms with Gasteiger partial charge in [-0.2, -0.15) is 0 Å². The van der Waals surface area contributed by atoms with E-state index in [4.69, 9.17) is 0 Å². The predicted molar refractivity (Wildman–Crippen MR) is 61.8 cm³/mol. The van der Waals surface area contributed by atoms with Gasteiger partial charge in [-0.25, -0.2) is 0 Å². The summed E-state index contributed by atoms with van der Waals surface area (Å²) in [5.41, 5.74) is 0.0993. The quantitative estimate of drug-likeness (QED) is 0.554. The number of unbranched alkanes of at least 4 members (excludes halogenated alkanes) is 1. The highest BCUT2D eigenvalue weighted by molar-refractivity contribution is 5.78. The molecule has 1 atom stereocenters. The number of rotatable bonds is 6. The molecule has 1 amide bonds. The fourth-order valence-corrected chi connectivity index (χ4v) is 1.73. The van der Waals surface area contributed by atoms with Crippen LogP contribution in [0.5, 0.6) is 0 Å². The zero-order valence-electron chi connectivity index (χ0n) is 9.86. The minimum Gasteiger partial charge on any atom is -0.355 e. The zero-order chi connectivity index (χ0) is 11.1. The Balaban J connectivity index is 2.10. The lowest BCUT2D eigenvalue weighted by molar-refractivity contribution is -0.120. The SMILES string of the molecule is CCCCNC(=O)CNC1(C)CCNC1. The Bertz CT molecular complexity index is 200. The highest BCUT2D eigenvalue weighted by Crippen LogP contribution is 2.12. The second-order valence-electron chi connectivity index (χ2n) is 4.54. The molecule has 3 N–H and O–H groups in total. The molecule has 15 heavy (non-hydrogen) atoms. The summed E-state index contributed by atoms with van der Waals surface area (Å²) in [6.07, 6.45) is 3.27. The predicted octanol–water partition coefficient (Wildman–Crippen LogP) is 0.244. The second-order valence-corrected chi connectivity index (χ2v) is 4.54. The molecule has 0 aromatic carbocycles. The third-order valence-corrected chi connectivity index (χ3v) is 2.90. The molecule has 0 aromatic heterocycles. The van der Waals surface area contributed by atoms with Crippen LogP contribution >= 0.6 is 0 Å². The summed E-state index contributed by atoms with van der Waals surface area (Å²) in [7, 11) is 0. The smallest absolute Gasteiger partial charge is 0.233 e. The first kappa shape index (κ1) is 12.5. The van der Waals surface area contributed by atoms with E-state index in [2.05, 4.69) is 29.8 Å². The van der Waals surface area contributed by atoms with Crippen LogP contribution in [0.25, 0.3) is 0 Å². The Morgan fingerprint density at radius 3 is 2.93 bits per heavy atom. The summed E-state index contributed by atoms with van der Waals surface area (Å²) in [5, 5.41) is 9.51. The molecule has 1 heterocycles. The first-order valence-corrected chi connectivity index (χ1v) is 5.89. The maximum Gasteiger partial charge on any atom is 0.233 e. The van der Waals surface area contributed by atoms with Crippen LogP contribution in [0.4, 0.5) is 0 Å². The Labute approximate surface area is 92.2 Å². The summed E-state index contributed by atoms with van der Waals surface area (Å²) < 4.78 is 0. The molecule has 0 bridgehead atoms. The first-order valence-electron chi connectivity index (χ1n) is 5.89. The molecule has 0 spiro atoms. The molecule has 0 aliphatic carbocycles. The summed E-state index contributed by atoms with van der Waals surface area (Å²) >= 11 is 0. The molecule has 88 valence electrons. The molecule has 0 aromatic rings. The highest BCUT2D eigenvalue weighted by atomic mass is 16.1. The van der Waals surface area contributed by atoms with Gasteiger partial charge in [-0.3, -0.25) is 4.79 Å². The van der Waals surface area contributed by atoms with Crippen molar-refractivity contribution in [3.8, 4) is 0 Å². The third kappa shape index (κ3) is 4.62. The average molecular weight is 213 g/mol. The topological polar surface area (TPSA) is 53.2 Å². The van der Waals surface area contributed by atoms with Gasteiger partial charge in [-0.15, -0.1) is 0 Å². The molecule has 4 heteroatoms. The van der Waals surface area contributed by atoms with E-state index in [1.807, 2.05) is 0 Å². The van der Waals surface area contributed by atoms with Gasteiger partial charge in [-0.1, -0.05) is 13.3 Å². The van der Waals surface area contributed by atoms with Crippen LogP contribution in [0.15, 0.2) is 0 Å². The van der Waals surface area contributed by atoms with Crippen LogP contribution in [0, 0.1) is 0 Å². The van der Waals surface area contributed by atoms with Crippen LogP contribution < -0.4 is 16.0 Å². The van der Waals surface area contributed by atoms with E-state index < -0.39 is 0 Å². The number of amides is 1. The van der Waals surface area contributed by atoms with Crippen LogP contribution in [0.3, 0.4) is 0 Å². The Morgan fingerprint density at radius 1 is 1.53 bits per heavy atom. The van der Waals surface area contributed by atoms with Crippen molar-refractivity contribution in [3.05, 3.63) is 0 Å². The summed E-state index contributed by atoms with van der Waals surface area (Å²) in [4.78, 5) is 11.4. The Kier molecular flexibility index (Phi) is 5.05. The fraction of sp³-hybridized carbons (Fsp3) is 0.909. The van der Waals surface area contributed by atoms with E-state index in [0.717, 1.165) is 38.9 Å². The molecule has 1 saturated heterocycles. The number of hydrogen-bond acceptors (Lipinski definition) is 3. The number of carbonyl (C=O) groups is 1. The molecule has 4 nitrogen and oxygen atoms in total. The lowest BCUT2D eigenvalue weighted by Crippen LogP contribution is -2.48. The van der Waals surface area contributed by atoms with E-state index in [1.165, 1.54) is 0 Å². The van der Waals surface area contributed by atoms with Crippen molar-refractivity contribution < 1.29 is 4.79 Å². The van der Waals surface area contributed by atoms with Crippen molar-refractivity contribution >= 4 is 5.91 Å². The Hall–Kier alpha value is -0.610. The van der Waals surface area contributed by atoms with Crippen molar-refractivity contribution in [2.45, 2.75) is 38.6 Å². The van der Waals surface area contributed by atoms with Gasteiger partial charge in [-0.05, 0) is 26.3 Å². The zero-order valence-corrected chi connectivity index (χ0v) is 9.86. The van der Waals surface area contributed by atoms with Crippen LogP contribution in [-0.4, -0.2) is 37.6 Å². The molecule has 1 aliphatic rings. The van der Waals surface area contributed by atoms with Gasteiger partial charge in [0.25, 0.3) is 0 Å². The minimum absolute atomic E-state index is 0.0993. The van der Waals surface area contributed by atoms with Crippen molar-refractivity contribution in [1.29, 1.82) is 0 Å². The molecule has 0 radical (unpaired) electrons. The van der Waals surface area contributed by atoms with E-state index in [0.29, 0.717) is 6.54 Å². The van der Waals surface area contributed by atoms with Gasteiger partial charge in [0.2, 0.25) is 5.91 Å². The largest absolute Gasteiger partial charge is 0.355 e. The van der Waals surface area contributed by atoms with E-state index in [-0.39, 0.29) is 11.4 Å². The molecule has 0 saturated carbocycles. The molecular weight excluding hydrogens is 190 g/mol. The summed E-state index contributed by atoms with van der Waals surface area (Å²) in [6, 6.07) is 0. The van der Waals surface area contributed by atoms with Crippen molar-refractivity contribution in [2.24, 2.45) is 0 Å². The van der Waals surface area contributed by atoms with Gasteiger partial charge < -0.3 is 16.0 Å². The van der Waals surface area contributed by atoms with Crippen molar-refractivity contribution in [2.75, 3.05) is 26.2 Å². The molecule has 1 rings (SSSR count). The standard InChI is InChI=1S/C11H23N3O/c1-3-4-6-13-10(15)8-14-11(2)5-7-12-9-11/h12,14H,3-9H2,1-2H3,(H,13,15). The monoisotopic (exact) mass is 213 g/mol. The molecule has 1 fully saturated rings. The number of carbonyl (C=O) groups excluding carboxylic acids is 1. The van der Waals surface area contributed by atoms with Gasteiger partial charge in [0.05, 0.1) is 6.54 Å². The van der Waals surface area contributed by atoms with Crippen LogP contribution in [0.1, 0.15) is 33.1 Å². The number of nitrogens with one attached hydrogen (secondary N) is 3. The van der Waals surface area contributed by atoms with E-state index >= 15 is 0 Å². The van der Waals surface area contributed by atoms with Gasteiger partial charge >= 0.3 is 0 Å². The van der Waals surface area contributed by atoms with Crippen LogP contribution in [-0.2, 0) is 4.79 Å². The lowest BCUT2D eigenvalue weighted by Gasteiger charge is -2.24. The van der Waals surface area contributed by atoms with Crippen molar-refractivity contribution in [3.63, 3.8) is 0 Å². The third-order valence-electron chi connectivity index (χ3n) is 2.90. The normalized spacial score (nSPS) is 25.5. The first-order chi connectivity index (χ1) is 7.16. The average Bonchev–Trinajstić information content (AvgIpc) is 2.64. The molecular formula is C11H23N3O. The fourth-order valence-electron chi connectivity index (χ4n) is 1.73. The maximum atomic E-state index is 11.4. The van der Waals surface area contributed by atoms with Crippen molar-refractivity contribution in [1.82, 2.24) is 16.0 Å². The minimum atomic E-state index is 0.0993. The van der Waals surface area contributed by atoms with E-state index in [1.54, 1.807) is 0 Å². The summed E-state index contributed by atoms with van der Waals surface area (Å²) in [5.74, 6) is 0.108. The van der Waals surface area contributed by atoms with Crippen LogP contribution in [0.2, 0.25) is 0 Å². The molecule has 1 unspecified atom stereocenters. The Morgan fingerprint density at radius 2 is 2.33 bits per heavy atom. The second kappa shape index (κ2) is 6.08. The maximum absolute atomic E-state index is 11.4. The van der Waals surface area contributed by atoms with Gasteiger partial charge in [0.15, 0.2) is 0 Å². The lowest BCUT2D eigenvalue weighted by atomic mass is 10.0. The summed E-state index contributed by atoms with van der Waals surface area (Å²) in [6.45, 7) is 7.51. The number of hydrogen-bond donors (Lipinski definition) is 3. The molecule has 1 aliphatic heterocycles. The highest BCUT2D eigenvalue weighted by Gasteiger charge is 2.27.